The Morgan fingerprint density at radius 3 is 2.29 bits per heavy atom. The number of rotatable bonds is 7. The van der Waals surface area contributed by atoms with E-state index < -0.39 is 0 Å². The molecule has 5 nitrogen and oxygen atoms in total. The molecule has 31 heavy (non-hydrogen) atoms. The molecule has 0 bridgehead atoms. The zero-order valence-electron chi connectivity index (χ0n) is 19.0. The first-order chi connectivity index (χ1) is 14.8. The van der Waals surface area contributed by atoms with Gasteiger partial charge in [0, 0.05) is 18.0 Å². The highest BCUT2D eigenvalue weighted by Crippen LogP contribution is 2.38. The highest BCUT2D eigenvalue weighted by molar-refractivity contribution is 5.95. The fraction of sp³-hybridized carbons (Fsp3) is 0.385. The fourth-order valence-corrected chi connectivity index (χ4v) is 3.99. The van der Waals surface area contributed by atoms with Crippen LogP contribution in [0.25, 0.3) is 0 Å². The third-order valence-corrected chi connectivity index (χ3v) is 5.82. The average Bonchev–Trinajstić information content (AvgIpc) is 2.76. The molecule has 5 heteroatoms. The summed E-state index contributed by atoms with van der Waals surface area (Å²) in [5.74, 6) is 0.520. The summed E-state index contributed by atoms with van der Waals surface area (Å²) in [6.45, 7) is 8.61. The Morgan fingerprint density at radius 2 is 1.74 bits per heavy atom. The number of hydrogen-bond donors (Lipinski definition) is 0. The average molecular weight is 422 g/mol. The Balaban J connectivity index is 1.97. The van der Waals surface area contributed by atoms with Crippen LogP contribution in [0.3, 0.4) is 0 Å². The number of amides is 1. The highest BCUT2D eigenvalue weighted by Gasteiger charge is 2.36. The standard InChI is InChI=1S/C26H31NO4/c1-6-31-26(29)25-18(4)27(16-19-7-13-22(30-5)14-8-19)24(28)15-23(25)21-11-9-20(10-12-21)17(2)3/h7-14,17,23H,6,15-16H2,1-5H3/t23-/m0/s1. The van der Waals surface area contributed by atoms with Gasteiger partial charge in [-0.25, -0.2) is 4.79 Å². The van der Waals surface area contributed by atoms with E-state index in [1.165, 1.54) is 5.56 Å². The lowest BCUT2D eigenvalue weighted by Crippen LogP contribution is -2.38. The van der Waals surface area contributed by atoms with Gasteiger partial charge in [-0.3, -0.25) is 4.79 Å². The normalized spacial score (nSPS) is 16.6. The van der Waals surface area contributed by atoms with Crippen molar-refractivity contribution in [2.75, 3.05) is 13.7 Å². The number of hydrogen-bond acceptors (Lipinski definition) is 4. The molecular formula is C26H31NO4. The van der Waals surface area contributed by atoms with Crippen molar-refractivity contribution in [1.29, 1.82) is 0 Å². The van der Waals surface area contributed by atoms with Crippen molar-refractivity contribution in [1.82, 2.24) is 4.90 Å². The molecule has 0 fully saturated rings. The van der Waals surface area contributed by atoms with E-state index in [1.807, 2.05) is 43.3 Å². The Morgan fingerprint density at radius 1 is 1.10 bits per heavy atom. The highest BCUT2D eigenvalue weighted by atomic mass is 16.5. The van der Waals surface area contributed by atoms with Crippen LogP contribution in [-0.2, 0) is 20.9 Å². The van der Waals surface area contributed by atoms with Gasteiger partial charge >= 0.3 is 5.97 Å². The summed E-state index contributed by atoms with van der Waals surface area (Å²) >= 11 is 0. The molecule has 0 saturated carbocycles. The number of ether oxygens (including phenoxy) is 2. The lowest BCUT2D eigenvalue weighted by molar-refractivity contribution is -0.140. The molecule has 0 radical (unpaired) electrons. The minimum atomic E-state index is -0.356. The molecule has 1 amide bonds. The Bertz CT molecular complexity index is 958. The molecule has 0 saturated heterocycles. The summed E-state index contributed by atoms with van der Waals surface area (Å²) in [6, 6.07) is 15.8. The lowest BCUT2D eigenvalue weighted by Gasteiger charge is -2.34. The maximum Gasteiger partial charge on any atom is 0.336 e. The van der Waals surface area contributed by atoms with Crippen LogP contribution in [0, 0.1) is 0 Å². The van der Waals surface area contributed by atoms with Crippen LogP contribution in [0.2, 0.25) is 0 Å². The van der Waals surface area contributed by atoms with Gasteiger partial charge in [0.15, 0.2) is 0 Å². The molecule has 3 rings (SSSR count). The van der Waals surface area contributed by atoms with Crippen molar-refractivity contribution in [3.63, 3.8) is 0 Å². The third-order valence-electron chi connectivity index (χ3n) is 5.82. The van der Waals surface area contributed by atoms with Gasteiger partial charge in [-0.05, 0) is 48.6 Å². The summed E-state index contributed by atoms with van der Waals surface area (Å²) in [7, 11) is 1.62. The van der Waals surface area contributed by atoms with E-state index in [1.54, 1.807) is 18.9 Å². The first-order valence-corrected chi connectivity index (χ1v) is 10.8. The maximum absolute atomic E-state index is 13.1. The number of allylic oxidation sites excluding steroid dienone is 1. The molecule has 1 atom stereocenters. The molecule has 164 valence electrons. The number of nitrogens with zero attached hydrogens (tertiary/aromatic N) is 1. The Kier molecular flexibility index (Phi) is 7.16. The fourth-order valence-electron chi connectivity index (χ4n) is 3.99. The van der Waals surface area contributed by atoms with E-state index in [0.29, 0.717) is 30.3 Å². The second kappa shape index (κ2) is 9.82. The van der Waals surface area contributed by atoms with Gasteiger partial charge in [-0.1, -0.05) is 50.2 Å². The molecule has 0 aliphatic carbocycles. The predicted octanol–water partition coefficient (Wildman–Crippen LogP) is 5.17. The minimum Gasteiger partial charge on any atom is -0.497 e. The summed E-state index contributed by atoms with van der Waals surface area (Å²) < 4.78 is 10.6. The third kappa shape index (κ3) is 4.98. The van der Waals surface area contributed by atoms with Crippen molar-refractivity contribution < 1.29 is 19.1 Å². The number of methoxy groups -OCH3 is 1. The van der Waals surface area contributed by atoms with E-state index in [2.05, 4.69) is 26.0 Å². The first kappa shape index (κ1) is 22.6. The van der Waals surface area contributed by atoms with Crippen LogP contribution in [0.1, 0.15) is 62.6 Å². The monoisotopic (exact) mass is 421 g/mol. The van der Waals surface area contributed by atoms with Gasteiger partial charge in [0.2, 0.25) is 5.91 Å². The van der Waals surface area contributed by atoms with E-state index in [0.717, 1.165) is 16.9 Å². The Hall–Kier alpha value is -3.08. The van der Waals surface area contributed by atoms with Crippen LogP contribution in [0.5, 0.6) is 5.75 Å². The van der Waals surface area contributed by atoms with E-state index >= 15 is 0 Å². The summed E-state index contributed by atoms with van der Waals surface area (Å²) in [6.07, 6.45) is 0.239. The van der Waals surface area contributed by atoms with Gasteiger partial charge in [-0.2, -0.15) is 0 Å². The van der Waals surface area contributed by atoms with Gasteiger partial charge in [0.1, 0.15) is 5.75 Å². The maximum atomic E-state index is 13.1. The number of carbonyl (C=O) groups is 2. The van der Waals surface area contributed by atoms with E-state index in [9.17, 15) is 9.59 Å². The molecule has 2 aromatic carbocycles. The molecule has 0 unspecified atom stereocenters. The van der Waals surface area contributed by atoms with Gasteiger partial charge in [0.25, 0.3) is 0 Å². The zero-order valence-corrected chi connectivity index (χ0v) is 19.0. The van der Waals surface area contributed by atoms with Crippen LogP contribution >= 0.6 is 0 Å². The van der Waals surface area contributed by atoms with Crippen molar-refractivity contribution in [2.45, 2.75) is 52.5 Å². The SMILES string of the molecule is CCOC(=O)C1=C(C)N(Cc2ccc(OC)cc2)C(=O)C[C@H]1c1ccc(C(C)C)cc1. The van der Waals surface area contributed by atoms with Crippen molar-refractivity contribution in [3.05, 3.63) is 76.5 Å². The van der Waals surface area contributed by atoms with E-state index in [4.69, 9.17) is 9.47 Å². The summed E-state index contributed by atoms with van der Waals surface area (Å²) in [4.78, 5) is 27.7. The van der Waals surface area contributed by atoms with Gasteiger partial charge in [0.05, 0.1) is 25.8 Å². The minimum absolute atomic E-state index is 0.000646. The molecule has 0 aromatic heterocycles. The Labute approximate surface area is 184 Å². The summed E-state index contributed by atoms with van der Waals surface area (Å²) in [5.41, 5.74) is 4.38. The molecule has 0 N–H and O–H groups in total. The molecule has 1 heterocycles. The second-order valence-electron chi connectivity index (χ2n) is 8.13. The quantitative estimate of drug-likeness (QED) is 0.579. The first-order valence-electron chi connectivity index (χ1n) is 10.8. The molecule has 1 aliphatic rings. The van der Waals surface area contributed by atoms with Crippen LogP contribution in [-0.4, -0.2) is 30.5 Å². The number of benzene rings is 2. The summed E-state index contributed by atoms with van der Waals surface area (Å²) in [5, 5.41) is 0. The predicted molar refractivity (Wildman–Crippen MR) is 121 cm³/mol. The zero-order chi connectivity index (χ0) is 22.5. The van der Waals surface area contributed by atoms with Crippen LogP contribution < -0.4 is 4.74 Å². The van der Waals surface area contributed by atoms with Gasteiger partial charge in [-0.15, -0.1) is 0 Å². The van der Waals surface area contributed by atoms with Crippen LogP contribution in [0.15, 0.2) is 59.8 Å². The number of esters is 1. The molecule has 2 aromatic rings. The van der Waals surface area contributed by atoms with Crippen molar-refractivity contribution >= 4 is 11.9 Å². The van der Waals surface area contributed by atoms with Gasteiger partial charge < -0.3 is 14.4 Å². The molecular weight excluding hydrogens is 390 g/mol. The lowest BCUT2D eigenvalue weighted by atomic mass is 9.83. The second-order valence-corrected chi connectivity index (χ2v) is 8.13. The van der Waals surface area contributed by atoms with Crippen molar-refractivity contribution in [3.8, 4) is 5.75 Å². The topological polar surface area (TPSA) is 55.8 Å². The smallest absolute Gasteiger partial charge is 0.336 e. The largest absolute Gasteiger partial charge is 0.497 e. The number of carbonyl (C=O) groups excluding carboxylic acids is 2. The molecule has 0 spiro atoms. The van der Waals surface area contributed by atoms with Crippen LogP contribution in [0.4, 0.5) is 0 Å². The molecule has 1 aliphatic heterocycles. The van der Waals surface area contributed by atoms with E-state index in [-0.39, 0.29) is 24.2 Å². The van der Waals surface area contributed by atoms with Crippen molar-refractivity contribution in [2.24, 2.45) is 0 Å².